The van der Waals surface area contributed by atoms with Crippen molar-refractivity contribution in [2.45, 2.75) is 25.1 Å². The van der Waals surface area contributed by atoms with Crippen LogP contribution in [0.15, 0.2) is 30.7 Å². The van der Waals surface area contributed by atoms with E-state index in [2.05, 4.69) is 20.3 Å². The topological polar surface area (TPSA) is 77.7 Å². The van der Waals surface area contributed by atoms with E-state index >= 15 is 0 Å². The summed E-state index contributed by atoms with van der Waals surface area (Å²) in [6, 6.07) is 4.55. The fraction of sp³-hybridized carbons (Fsp3) is 0.375. The van der Waals surface area contributed by atoms with Crippen LogP contribution in [0, 0.1) is 11.3 Å². The van der Waals surface area contributed by atoms with Crippen molar-refractivity contribution in [2.24, 2.45) is 0 Å². The molecule has 1 saturated heterocycles. The molecule has 0 saturated carbocycles. The summed E-state index contributed by atoms with van der Waals surface area (Å²) in [5, 5.41) is 12.2. The molecule has 3 heterocycles. The highest BCUT2D eigenvalue weighted by Crippen LogP contribution is 2.30. The van der Waals surface area contributed by atoms with Crippen LogP contribution in [0.25, 0.3) is 0 Å². The molecule has 0 bridgehead atoms. The molecule has 1 aliphatic rings. The van der Waals surface area contributed by atoms with E-state index in [1.165, 1.54) is 18.5 Å². The predicted octanol–water partition coefficient (Wildman–Crippen LogP) is 2.84. The van der Waals surface area contributed by atoms with Crippen molar-refractivity contribution in [3.8, 4) is 6.07 Å². The lowest BCUT2D eigenvalue weighted by Crippen LogP contribution is -2.39. The summed E-state index contributed by atoms with van der Waals surface area (Å²) < 4.78 is 37.8. The van der Waals surface area contributed by atoms with Crippen molar-refractivity contribution in [3.63, 3.8) is 0 Å². The van der Waals surface area contributed by atoms with E-state index in [4.69, 9.17) is 5.26 Å². The third kappa shape index (κ3) is 3.96. The molecule has 25 heavy (non-hydrogen) atoms. The normalized spacial score (nSPS) is 15.7. The number of pyridine rings is 1. The van der Waals surface area contributed by atoms with E-state index in [9.17, 15) is 13.2 Å². The first-order valence-corrected chi connectivity index (χ1v) is 7.73. The number of nitrogens with one attached hydrogen (secondary N) is 1. The van der Waals surface area contributed by atoms with Gasteiger partial charge in [-0.05, 0) is 25.0 Å². The van der Waals surface area contributed by atoms with E-state index in [0.29, 0.717) is 24.7 Å². The summed E-state index contributed by atoms with van der Waals surface area (Å²) in [4.78, 5) is 13.9. The molecule has 0 atom stereocenters. The van der Waals surface area contributed by atoms with Gasteiger partial charge in [0.2, 0.25) is 0 Å². The molecule has 3 rings (SSSR count). The first-order valence-electron chi connectivity index (χ1n) is 7.73. The third-order valence-electron chi connectivity index (χ3n) is 4.04. The van der Waals surface area contributed by atoms with Gasteiger partial charge in [0.05, 0.1) is 5.56 Å². The maximum absolute atomic E-state index is 12.6. The second-order valence-electron chi connectivity index (χ2n) is 5.67. The molecule has 130 valence electrons. The fourth-order valence-electron chi connectivity index (χ4n) is 2.71. The summed E-state index contributed by atoms with van der Waals surface area (Å²) in [6.07, 6.45) is 0.970. The highest BCUT2D eigenvalue weighted by molar-refractivity contribution is 5.48. The molecule has 0 spiro atoms. The highest BCUT2D eigenvalue weighted by Gasteiger charge is 2.31. The molecule has 9 heteroatoms. The van der Waals surface area contributed by atoms with Crippen molar-refractivity contribution in [1.29, 1.82) is 5.26 Å². The Morgan fingerprint density at radius 1 is 1.12 bits per heavy atom. The Morgan fingerprint density at radius 3 is 2.44 bits per heavy atom. The van der Waals surface area contributed by atoms with Crippen LogP contribution < -0.4 is 10.2 Å². The lowest BCUT2D eigenvalue weighted by atomic mass is 10.0. The average molecular weight is 348 g/mol. The Bertz CT molecular complexity index is 761. The van der Waals surface area contributed by atoms with Crippen molar-refractivity contribution >= 4 is 11.6 Å². The molecule has 0 aliphatic carbocycles. The number of nitriles is 1. The number of aromatic nitrogens is 3. The van der Waals surface area contributed by atoms with Crippen LogP contribution in [0.3, 0.4) is 0 Å². The monoisotopic (exact) mass is 348 g/mol. The molecule has 1 aliphatic heterocycles. The van der Waals surface area contributed by atoms with Crippen molar-refractivity contribution in [1.82, 2.24) is 15.0 Å². The number of halogens is 3. The maximum Gasteiger partial charge on any atom is 0.417 e. The molecule has 2 aromatic rings. The zero-order valence-electron chi connectivity index (χ0n) is 13.2. The quantitative estimate of drug-likeness (QED) is 0.919. The Labute approximate surface area is 142 Å². The predicted molar refractivity (Wildman–Crippen MR) is 84.8 cm³/mol. The number of nitrogens with zero attached hydrogens (tertiary/aromatic N) is 5. The Morgan fingerprint density at radius 2 is 1.84 bits per heavy atom. The number of anilines is 2. The van der Waals surface area contributed by atoms with E-state index in [1.54, 1.807) is 0 Å². The Kier molecular flexibility index (Phi) is 4.70. The van der Waals surface area contributed by atoms with E-state index < -0.39 is 11.7 Å². The number of piperidine rings is 1. The summed E-state index contributed by atoms with van der Waals surface area (Å²) in [5.74, 6) is 0.986. The van der Waals surface area contributed by atoms with Crippen LogP contribution in [-0.4, -0.2) is 34.1 Å². The van der Waals surface area contributed by atoms with Gasteiger partial charge in [-0.3, -0.25) is 0 Å². The van der Waals surface area contributed by atoms with Crippen LogP contribution in [0.5, 0.6) is 0 Å². The molecular weight excluding hydrogens is 333 g/mol. The van der Waals surface area contributed by atoms with E-state index in [1.807, 2.05) is 11.0 Å². The van der Waals surface area contributed by atoms with Crippen molar-refractivity contribution in [2.75, 3.05) is 23.3 Å². The van der Waals surface area contributed by atoms with Crippen LogP contribution in [-0.2, 0) is 6.18 Å². The molecule has 2 aromatic heterocycles. The van der Waals surface area contributed by atoms with Gasteiger partial charge in [0.25, 0.3) is 0 Å². The Balaban J connectivity index is 1.59. The smallest absolute Gasteiger partial charge is 0.365 e. The minimum absolute atomic E-state index is 0.120. The van der Waals surface area contributed by atoms with Gasteiger partial charge in [-0.15, -0.1) is 0 Å². The SMILES string of the molecule is N#Cc1nccnc1NC1CCN(c2ccc(C(F)(F)F)cn2)CC1. The Hall–Kier alpha value is -2.89. The van der Waals surface area contributed by atoms with Gasteiger partial charge in [-0.25, -0.2) is 15.0 Å². The van der Waals surface area contributed by atoms with Gasteiger partial charge in [0.1, 0.15) is 11.9 Å². The molecule has 0 unspecified atom stereocenters. The second-order valence-corrected chi connectivity index (χ2v) is 5.67. The zero-order valence-corrected chi connectivity index (χ0v) is 13.2. The van der Waals surface area contributed by atoms with Crippen LogP contribution in [0.1, 0.15) is 24.1 Å². The lowest BCUT2D eigenvalue weighted by Gasteiger charge is -2.33. The standard InChI is InChI=1S/C16H15F3N6/c17-16(18,19)11-1-2-14(23-10-11)25-7-3-12(4-8-25)24-15-13(9-20)21-5-6-22-15/h1-2,5-6,10,12H,3-4,7-8H2,(H,22,24). The molecule has 0 amide bonds. The van der Waals surface area contributed by atoms with Crippen molar-refractivity contribution in [3.05, 3.63) is 42.0 Å². The number of rotatable bonds is 3. The number of alkyl halides is 3. The first-order chi connectivity index (χ1) is 12.0. The maximum atomic E-state index is 12.6. The molecule has 1 fully saturated rings. The zero-order chi connectivity index (χ0) is 17.9. The van der Waals surface area contributed by atoms with E-state index in [0.717, 1.165) is 25.1 Å². The fourth-order valence-corrected chi connectivity index (χ4v) is 2.71. The van der Waals surface area contributed by atoms with Crippen LogP contribution in [0.4, 0.5) is 24.8 Å². The summed E-state index contributed by atoms with van der Waals surface area (Å²) in [6.45, 7) is 1.30. The third-order valence-corrected chi connectivity index (χ3v) is 4.04. The molecule has 6 nitrogen and oxygen atoms in total. The molecule has 0 radical (unpaired) electrons. The van der Waals surface area contributed by atoms with Gasteiger partial charge in [0, 0.05) is 37.7 Å². The van der Waals surface area contributed by atoms with Gasteiger partial charge in [0.15, 0.2) is 11.5 Å². The first kappa shape index (κ1) is 17.0. The minimum atomic E-state index is -4.38. The van der Waals surface area contributed by atoms with Crippen LogP contribution >= 0.6 is 0 Å². The summed E-state index contributed by atoms with van der Waals surface area (Å²) in [7, 11) is 0. The van der Waals surface area contributed by atoms with Gasteiger partial charge in [-0.2, -0.15) is 18.4 Å². The largest absolute Gasteiger partial charge is 0.417 e. The molecule has 0 aromatic carbocycles. The lowest BCUT2D eigenvalue weighted by molar-refractivity contribution is -0.137. The average Bonchev–Trinajstić information content (AvgIpc) is 2.62. The number of hydrogen-bond donors (Lipinski definition) is 1. The van der Waals surface area contributed by atoms with Crippen LogP contribution in [0.2, 0.25) is 0 Å². The highest BCUT2D eigenvalue weighted by atomic mass is 19.4. The number of hydrogen-bond acceptors (Lipinski definition) is 6. The van der Waals surface area contributed by atoms with E-state index in [-0.39, 0.29) is 11.7 Å². The summed E-state index contributed by atoms with van der Waals surface area (Å²) >= 11 is 0. The summed E-state index contributed by atoms with van der Waals surface area (Å²) in [5.41, 5.74) is -0.506. The molecule has 1 N–H and O–H groups in total. The van der Waals surface area contributed by atoms with Gasteiger partial charge < -0.3 is 10.2 Å². The molecular formula is C16H15F3N6. The minimum Gasteiger partial charge on any atom is -0.365 e. The van der Waals surface area contributed by atoms with Gasteiger partial charge >= 0.3 is 6.18 Å². The van der Waals surface area contributed by atoms with Crippen molar-refractivity contribution < 1.29 is 13.2 Å². The van der Waals surface area contributed by atoms with Gasteiger partial charge in [-0.1, -0.05) is 0 Å². The second kappa shape index (κ2) is 6.93.